The Hall–Kier alpha value is -1.98. The van der Waals surface area contributed by atoms with Crippen molar-refractivity contribution < 1.29 is 13.9 Å². The lowest BCUT2D eigenvalue weighted by Gasteiger charge is -2.03. The Labute approximate surface area is 130 Å². The van der Waals surface area contributed by atoms with Crippen molar-refractivity contribution >= 4 is 18.3 Å². The highest BCUT2D eigenvalue weighted by molar-refractivity contribution is 5.91. The molecule has 0 unspecified atom stereocenters. The summed E-state index contributed by atoms with van der Waals surface area (Å²) in [6, 6.07) is 12.5. The molecular formula is C15H19ClN2O3. The van der Waals surface area contributed by atoms with Crippen LogP contribution in [0.3, 0.4) is 0 Å². The molecule has 0 aliphatic heterocycles. The van der Waals surface area contributed by atoms with Gasteiger partial charge in [-0.15, -0.1) is 12.4 Å². The zero-order valence-electron chi connectivity index (χ0n) is 11.8. The van der Waals surface area contributed by atoms with Crippen molar-refractivity contribution in [3.63, 3.8) is 0 Å². The molecule has 0 spiro atoms. The summed E-state index contributed by atoms with van der Waals surface area (Å²) in [7, 11) is 1.88. The second kappa shape index (κ2) is 9.05. The molecule has 2 aromatic rings. The molecule has 0 aliphatic rings. The van der Waals surface area contributed by atoms with Crippen molar-refractivity contribution in [2.24, 2.45) is 0 Å². The number of para-hydroxylation sites is 1. The van der Waals surface area contributed by atoms with Crippen molar-refractivity contribution in [1.82, 2.24) is 10.6 Å². The maximum Gasteiger partial charge on any atom is 0.290 e. The van der Waals surface area contributed by atoms with E-state index in [1.807, 2.05) is 37.4 Å². The first-order valence-corrected chi connectivity index (χ1v) is 6.55. The van der Waals surface area contributed by atoms with Crippen LogP contribution in [0.2, 0.25) is 0 Å². The SMILES string of the molecule is CNCCCNC(=O)c1ccc(Oc2ccccc2)o1.Cl. The zero-order valence-corrected chi connectivity index (χ0v) is 12.6. The summed E-state index contributed by atoms with van der Waals surface area (Å²) >= 11 is 0. The van der Waals surface area contributed by atoms with Crippen LogP contribution in [0.25, 0.3) is 0 Å². The van der Waals surface area contributed by atoms with Gasteiger partial charge in [0, 0.05) is 12.6 Å². The summed E-state index contributed by atoms with van der Waals surface area (Å²) in [4.78, 5) is 11.8. The van der Waals surface area contributed by atoms with E-state index in [1.165, 1.54) is 0 Å². The third-order valence-corrected chi connectivity index (χ3v) is 2.66. The van der Waals surface area contributed by atoms with Crippen molar-refractivity contribution in [1.29, 1.82) is 0 Å². The molecule has 5 nitrogen and oxygen atoms in total. The van der Waals surface area contributed by atoms with Gasteiger partial charge in [0.05, 0.1) is 0 Å². The molecule has 1 aromatic carbocycles. The van der Waals surface area contributed by atoms with Gasteiger partial charge < -0.3 is 19.8 Å². The van der Waals surface area contributed by atoms with Gasteiger partial charge in [0.1, 0.15) is 5.75 Å². The molecule has 2 rings (SSSR count). The van der Waals surface area contributed by atoms with Gasteiger partial charge >= 0.3 is 0 Å². The molecule has 0 aliphatic carbocycles. The maximum absolute atomic E-state index is 11.8. The molecule has 2 N–H and O–H groups in total. The molecule has 6 heteroatoms. The summed E-state index contributed by atoms with van der Waals surface area (Å²) in [5.41, 5.74) is 0. The van der Waals surface area contributed by atoms with Crippen molar-refractivity contribution in [3.8, 4) is 11.7 Å². The minimum Gasteiger partial charge on any atom is -0.426 e. The number of halogens is 1. The fourth-order valence-electron chi connectivity index (χ4n) is 1.66. The third-order valence-electron chi connectivity index (χ3n) is 2.66. The van der Waals surface area contributed by atoms with E-state index in [4.69, 9.17) is 9.15 Å². The second-order valence-electron chi connectivity index (χ2n) is 4.25. The number of furan rings is 1. The van der Waals surface area contributed by atoms with Crippen LogP contribution in [0.15, 0.2) is 46.9 Å². The van der Waals surface area contributed by atoms with Crippen LogP contribution in [-0.2, 0) is 0 Å². The molecule has 1 aromatic heterocycles. The van der Waals surface area contributed by atoms with E-state index in [2.05, 4.69) is 10.6 Å². The molecule has 114 valence electrons. The average molecular weight is 311 g/mol. The predicted octanol–water partition coefficient (Wildman–Crippen LogP) is 2.83. The third kappa shape index (κ3) is 5.49. The Morgan fingerprint density at radius 2 is 1.90 bits per heavy atom. The molecule has 1 heterocycles. The Morgan fingerprint density at radius 1 is 1.14 bits per heavy atom. The minimum absolute atomic E-state index is 0. The summed E-state index contributed by atoms with van der Waals surface area (Å²) in [5.74, 6) is 0.990. The van der Waals surface area contributed by atoms with Crippen LogP contribution in [0.5, 0.6) is 11.7 Å². The number of ether oxygens (including phenoxy) is 1. The molecule has 0 fully saturated rings. The van der Waals surface area contributed by atoms with Gasteiger partial charge in [0.15, 0.2) is 5.76 Å². The molecule has 0 atom stereocenters. The lowest BCUT2D eigenvalue weighted by molar-refractivity contribution is 0.0920. The Morgan fingerprint density at radius 3 is 2.62 bits per heavy atom. The number of rotatable bonds is 7. The minimum atomic E-state index is -0.232. The normalized spacial score (nSPS) is 9.76. The van der Waals surface area contributed by atoms with Gasteiger partial charge in [-0.1, -0.05) is 18.2 Å². The number of carbonyl (C=O) groups excluding carboxylic acids is 1. The highest BCUT2D eigenvalue weighted by Gasteiger charge is 2.11. The van der Waals surface area contributed by atoms with Gasteiger partial charge in [-0.3, -0.25) is 4.79 Å². The first kappa shape index (κ1) is 17.1. The highest BCUT2D eigenvalue weighted by Crippen LogP contribution is 2.23. The van der Waals surface area contributed by atoms with Crippen molar-refractivity contribution in [3.05, 3.63) is 48.2 Å². The molecule has 1 amide bonds. The number of hydrogen-bond acceptors (Lipinski definition) is 4. The van der Waals surface area contributed by atoms with E-state index in [0.717, 1.165) is 13.0 Å². The quantitative estimate of drug-likeness (QED) is 0.772. The predicted molar refractivity (Wildman–Crippen MR) is 83.3 cm³/mol. The second-order valence-corrected chi connectivity index (χ2v) is 4.25. The fourth-order valence-corrected chi connectivity index (χ4v) is 1.66. The summed E-state index contributed by atoms with van der Waals surface area (Å²) in [6.45, 7) is 1.47. The van der Waals surface area contributed by atoms with E-state index in [9.17, 15) is 4.79 Å². The molecule has 21 heavy (non-hydrogen) atoms. The van der Waals surface area contributed by atoms with Gasteiger partial charge in [0.25, 0.3) is 11.9 Å². The number of hydrogen-bond donors (Lipinski definition) is 2. The maximum atomic E-state index is 11.8. The highest BCUT2D eigenvalue weighted by atomic mass is 35.5. The largest absolute Gasteiger partial charge is 0.426 e. The number of benzene rings is 1. The first-order chi connectivity index (χ1) is 9.79. The van der Waals surface area contributed by atoms with Gasteiger partial charge in [0.2, 0.25) is 0 Å². The standard InChI is InChI=1S/C15H18N2O3.ClH/c1-16-10-5-11-17-15(18)13-8-9-14(20-13)19-12-6-3-2-4-7-12;/h2-4,6-9,16H,5,10-11H2,1H3,(H,17,18);1H. The van der Waals surface area contributed by atoms with Crippen LogP contribution < -0.4 is 15.4 Å². The van der Waals surface area contributed by atoms with Crippen LogP contribution in [0.1, 0.15) is 17.0 Å². The average Bonchev–Trinajstić information content (AvgIpc) is 2.93. The van der Waals surface area contributed by atoms with Gasteiger partial charge in [-0.25, -0.2) is 0 Å². The van der Waals surface area contributed by atoms with Crippen molar-refractivity contribution in [2.45, 2.75) is 6.42 Å². The Bertz CT molecular complexity index is 543. The van der Waals surface area contributed by atoms with Crippen molar-refractivity contribution in [2.75, 3.05) is 20.1 Å². The van der Waals surface area contributed by atoms with Crippen LogP contribution in [0.4, 0.5) is 0 Å². The number of amides is 1. The Balaban J connectivity index is 0.00000220. The lowest BCUT2D eigenvalue weighted by Crippen LogP contribution is -2.26. The molecule has 0 bridgehead atoms. The van der Waals surface area contributed by atoms with Gasteiger partial charge in [-0.05, 0) is 38.2 Å². The lowest BCUT2D eigenvalue weighted by atomic mass is 10.3. The smallest absolute Gasteiger partial charge is 0.290 e. The summed E-state index contributed by atoms with van der Waals surface area (Å²) in [6.07, 6.45) is 0.871. The monoisotopic (exact) mass is 310 g/mol. The van der Waals surface area contributed by atoms with Crippen LogP contribution >= 0.6 is 12.4 Å². The summed E-state index contributed by atoms with van der Waals surface area (Å²) in [5, 5.41) is 5.80. The Kier molecular flexibility index (Phi) is 7.36. The number of carbonyl (C=O) groups is 1. The zero-order chi connectivity index (χ0) is 14.2. The molecule has 0 radical (unpaired) electrons. The summed E-state index contributed by atoms with van der Waals surface area (Å²) < 4.78 is 10.9. The van der Waals surface area contributed by atoms with Crippen LogP contribution in [-0.4, -0.2) is 26.0 Å². The topological polar surface area (TPSA) is 63.5 Å². The first-order valence-electron chi connectivity index (χ1n) is 6.55. The van der Waals surface area contributed by atoms with Crippen LogP contribution in [0, 0.1) is 0 Å². The molecular weight excluding hydrogens is 292 g/mol. The number of nitrogens with one attached hydrogen (secondary N) is 2. The van der Waals surface area contributed by atoms with E-state index < -0.39 is 0 Å². The van der Waals surface area contributed by atoms with E-state index in [-0.39, 0.29) is 24.1 Å². The van der Waals surface area contributed by atoms with Gasteiger partial charge in [-0.2, -0.15) is 0 Å². The fraction of sp³-hybridized carbons (Fsp3) is 0.267. The van der Waals surface area contributed by atoms with E-state index in [1.54, 1.807) is 12.1 Å². The molecule has 0 saturated heterocycles. The van der Waals surface area contributed by atoms with E-state index >= 15 is 0 Å². The van der Waals surface area contributed by atoms with E-state index in [0.29, 0.717) is 18.2 Å². The molecule has 0 saturated carbocycles.